The molecule has 1 atom stereocenters. The molecule has 194 valence electrons. The normalized spacial score (nSPS) is 17.1. The Balaban J connectivity index is 1.33. The van der Waals surface area contributed by atoms with Crippen LogP contribution in [0.25, 0.3) is 11.1 Å². The molecule has 4 heteroatoms. The van der Waals surface area contributed by atoms with Gasteiger partial charge in [-0.3, -0.25) is 0 Å². The molecule has 0 aliphatic heterocycles. The molecule has 1 fully saturated rings. The van der Waals surface area contributed by atoms with Gasteiger partial charge in [-0.25, -0.2) is 0 Å². The summed E-state index contributed by atoms with van der Waals surface area (Å²) in [5.41, 5.74) is 11.7. The Morgan fingerprint density at radius 3 is 2.49 bits per heavy atom. The van der Waals surface area contributed by atoms with Crippen molar-refractivity contribution in [1.82, 2.24) is 0 Å². The molecule has 0 heterocycles. The van der Waals surface area contributed by atoms with Crippen molar-refractivity contribution in [2.24, 2.45) is 5.41 Å². The summed E-state index contributed by atoms with van der Waals surface area (Å²) in [5.74, 6) is 0.0452. The van der Waals surface area contributed by atoms with Crippen molar-refractivity contribution in [3.63, 3.8) is 0 Å². The lowest BCUT2D eigenvalue weighted by molar-refractivity contribution is -0.306. The van der Waals surface area contributed by atoms with Gasteiger partial charge in [-0.2, -0.15) is 0 Å². The molecule has 1 saturated carbocycles. The largest absolute Gasteiger partial charge is 0.550 e. The van der Waals surface area contributed by atoms with Crippen LogP contribution in [-0.2, 0) is 24.1 Å². The summed E-state index contributed by atoms with van der Waals surface area (Å²) in [7, 11) is 0. The molecule has 2 aliphatic rings. The number of aliphatic carboxylic acids is 1. The predicted molar refractivity (Wildman–Crippen MR) is 145 cm³/mol. The molecule has 0 amide bonds. The Bertz CT molecular complexity index is 1290. The lowest BCUT2D eigenvalue weighted by Crippen LogP contribution is -2.26. The fraction of sp³-hybridized carbons (Fsp3) is 0.424. The van der Waals surface area contributed by atoms with E-state index in [2.05, 4.69) is 69.3 Å². The van der Waals surface area contributed by atoms with Crippen LogP contribution >= 0.6 is 0 Å². The third-order valence-corrected chi connectivity index (χ3v) is 8.60. The van der Waals surface area contributed by atoms with Crippen LogP contribution in [0.15, 0.2) is 48.5 Å². The first-order valence-corrected chi connectivity index (χ1v) is 13.6. The molecule has 0 bridgehead atoms. The third-order valence-electron chi connectivity index (χ3n) is 8.60. The topological polar surface area (TPSA) is 69.6 Å². The summed E-state index contributed by atoms with van der Waals surface area (Å²) in [5, 5.41) is 20.4. The maximum atomic E-state index is 11.4. The number of benzene rings is 3. The van der Waals surface area contributed by atoms with Crippen LogP contribution in [0, 0.1) is 26.2 Å². The molecule has 0 radical (unpaired) electrons. The van der Waals surface area contributed by atoms with Crippen LogP contribution in [0.4, 0.5) is 0 Å². The minimum absolute atomic E-state index is 0.124. The van der Waals surface area contributed by atoms with Gasteiger partial charge >= 0.3 is 0 Å². The molecule has 4 nitrogen and oxygen atoms in total. The lowest BCUT2D eigenvalue weighted by atomic mass is 9.86. The van der Waals surface area contributed by atoms with Gasteiger partial charge in [0.15, 0.2) is 0 Å². The van der Waals surface area contributed by atoms with E-state index < -0.39 is 5.97 Å². The first-order valence-electron chi connectivity index (χ1n) is 13.6. The number of carbonyl (C=O) groups is 1. The van der Waals surface area contributed by atoms with E-state index in [1.54, 1.807) is 0 Å². The number of carbonyl (C=O) groups excluding carboxylic acids is 1. The van der Waals surface area contributed by atoms with Gasteiger partial charge in [0.1, 0.15) is 5.75 Å². The van der Waals surface area contributed by atoms with Crippen molar-refractivity contribution in [3.05, 3.63) is 87.5 Å². The summed E-state index contributed by atoms with van der Waals surface area (Å²) < 4.78 is 5.82. The summed E-state index contributed by atoms with van der Waals surface area (Å²) in [4.78, 5) is 11.4. The number of carboxylic acid groups (broad SMARTS) is 1. The zero-order valence-corrected chi connectivity index (χ0v) is 22.2. The molecule has 3 aromatic rings. The first-order chi connectivity index (χ1) is 17.8. The standard InChI is InChI=1S/C33H38O4/c1-21-16-27(37-15-5-14-34)17-22(2)32(21)28-7-4-6-25(23(28)3)10-8-24-9-11-29-26(18-24)20-33(12-13-33)30(29)19-31(35)36/h4,6-7,9,11,16-18,30,34H,5,8,10,12-15,19-20H2,1-3H3,(H,35,36)/p-1. The predicted octanol–water partition coefficient (Wildman–Crippen LogP) is 5.39. The number of carboxylic acids is 1. The molecular weight excluding hydrogens is 460 g/mol. The number of fused-ring (bicyclic) bond motifs is 1. The average Bonchev–Trinajstić information content (AvgIpc) is 3.56. The lowest BCUT2D eigenvalue weighted by Gasteiger charge is -2.20. The molecule has 2 aliphatic carbocycles. The van der Waals surface area contributed by atoms with Gasteiger partial charge in [-0.15, -0.1) is 0 Å². The Hall–Kier alpha value is -3.11. The van der Waals surface area contributed by atoms with Crippen molar-refractivity contribution in [2.45, 2.75) is 71.6 Å². The van der Waals surface area contributed by atoms with Crippen LogP contribution < -0.4 is 9.84 Å². The molecule has 1 spiro atoms. The Morgan fingerprint density at radius 2 is 1.81 bits per heavy atom. The Labute approximate surface area is 220 Å². The monoisotopic (exact) mass is 497 g/mol. The van der Waals surface area contributed by atoms with Gasteiger partial charge in [0.25, 0.3) is 0 Å². The molecule has 37 heavy (non-hydrogen) atoms. The van der Waals surface area contributed by atoms with Crippen molar-refractivity contribution >= 4 is 5.97 Å². The zero-order chi connectivity index (χ0) is 26.2. The van der Waals surface area contributed by atoms with Gasteiger partial charge in [0.2, 0.25) is 0 Å². The van der Waals surface area contributed by atoms with E-state index in [0.29, 0.717) is 13.0 Å². The van der Waals surface area contributed by atoms with Crippen LogP contribution in [0.1, 0.15) is 70.5 Å². The summed E-state index contributed by atoms with van der Waals surface area (Å²) in [6.07, 6.45) is 5.99. The molecule has 1 unspecified atom stereocenters. The quantitative estimate of drug-likeness (QED) is 0.382. The zero-order valence-electron chi connectivity index (χ0n) is 22.2. The summed E-state index contributed by atoms with van der Waals surface area (Å²) in [6.45, 7) is 7.15. The van der Waals surface area contributed by atoms with Gasteiger partial charge in [-0.1, -0.05) is 36.4 Å². The molecule has 3 aromatic carbocycles. The van der Waals surface area contributed by atoms with E-state index in [1.165, 1.54) is 50.1 Å². The highest BCUT2D eigenvalue weighted by Crippen LogP contribution is 2.64. The van der Waals surface area contributed by atoms with Gasteiger partial charge in [0.05, 0.1) is 6.61 Å². The van der Waals surface area contributed by atoms with E-state index in [0.717, 1.165) is 37.9 Å². The van der Waals surface area contributed by atoms with Crippen LogP contribution in [0.3, 0.4) is 0 Å². The van der Waals surface area contributed by atoms with Crippen LogP contribution in [0.5, 0.6) is 5.75 Å². The third kappa shape index (κ3) is 5.17. The summed E-state index contributed by atoms with van der Waals surface area (Å²) >= 11 is 0. The Morgan fingerprint density at radius 1 is 1.05 bits per heavy atom. The molecular formula is C33H37O4-. The van der Waals surface area contributed by atoms with E-state index in [9.17, 15) is 9.90 Å². The molecule has 5 rings (SSSR count). The van der Waals surface area contributed by atoms with Crippen LogP contribution in [0.2, 0.25) is 0 Å². The highest BCUT2D eigenvalue weighted by molar-refractivity contribution is 5.75. The first kappa shape index (κ1) is 25.5. The fourth-order valence-corrected chi connectivity index (χ4v) is 6.51. The van der Waals surface area contributed by atoms with Crippen molar-refractivity contribution < 1.29 is 19.7 Å². The van der Waals surface area contributed by atoms with E-state index in [4.69, 9.17) is 9.84 Å². The molecule has 1 N–H and O–H groups in total. The highest BCUT2D eigenvalue weighted by Gasteiger charge is 2.53. The SMILES string of the molecule is Cc1cc(OCCCO)cc(C)c1-c1cccc(CCc2ccc3c(c2)CC2(CC2)C3CC(=O)[O-])c1C. The van der Waals surface area contributed by atoms with E-state index in [-0.39, 0.29) is 24.4 Å². The van der Waals surface area contributed by atoms with Crippen molar-refractivity contribution in [2.75, 3.05) is 13.2 Å². The molecule has 0 saturated heterocycles. The second-order valence-electron chi connectivity index (χ2n) is 11.1. The second-order valence-corrected chi connectivity index (χ2v) is 11.1. The highest BCUT2D eigenvalue weighted by atomic mass is 16.5. The van der Waals surface area contributed by atoms with Gasteiger partial charge in [0, 0.05) is 19.0 Å². The minimum atomic E-state index is -0.933. The van der Waals surface area contributed by atoms with E-state index in [1.807, 2.05) is 0 Å². The Kier molecular flexibility index (Phi) is 7.13. The van der Waals surface area contributed by atoms with Crippen molar-refractivity contribution in [1.29, 1.82) is 0 Å². The maximum Gasteiger partial charge on any atom is 0.119 e. The number of aryl methyl sites for hydroxylation is 4. The number of hydrogen-bond donors (Lipinski definition) is 1. The number of hydrogen-bond acceptors (Lipinski definition) is 4. The smallest absolute Gasteiger partial charge is 0.119 e. The van der Waals surface area contributed by atoms with E-state index >= 15 is 0 Å². The van der Waals surface area contributed by atoms with Crippen molar-refractivity contribution in [3.8, 4) is 16.9 Å². The minimum Gasteiger partial charge on any atom is -0.550 e. The summed E-state index contributed by atoms with van der Waals surface area (Å²) in [6, 6.07) is 17.5. The second kappa shape index (κ2) is 10.3. The van der Waals surface area contributed by atoms with Crippen LogP contribution in [-0.4, -0.2) is 24.3 Å². The maximum absolute atomic E-state index is 11.4. The number of aliphatic hydroxyl groups excluding tert-OH is 1. The number of ether oxygens (including phenoxy) is 1. The molecule has 0 aromatic heterocycles. The number of rotatable bonds is 10. The number of aliphatic hydroxyl groups is 1. The fourth-order valence-electron chi connectivity index (χ4n) is 6.51. The average molecular weight is 498 g/mol. The van der Waals surface area contributed by atoms with Gasteiger partial charge < -0.3 is 19.7 Å². The van der Waals surface area contributed by atoms with Gasteiger partial charge in [-0.05, 0) is 133 Å².